The molecule has 0 unspecified atom stereocenters. The molecule has 5 nitrogen and oxygen atoms in total. The molecule has 0 heterocycles. The molecule has 0 radical (unpaired) electrons. The summed E-state index contributed by atoms with van der Waals surface area (Å²) >= 11 is 5.88. The van der Waals surface area contributed by atoms with E-state index in [0.717, 1.165) is 0 Å². The molecule has 22 heavy (non-hydrogen) atoms. The maximum absolute atomic E-state index is 12.4. The second-order valence-corrected chi connectivity index (χ2v) is 5.08. The standard InChI is InChI=1S/C16H15ClN2O3/c1-9-11(15(18)20)4-3-5-13(9)19-16(21)12-7-6-10(17)8-14(12)22-2/h3-8H,1-2H3,(H2,18,20)(H,19,21). The number of primary amides is 1. The Labute approximate surface area is 133 Å². The first-order chi connectivity index (χ1) is 10.4. The topological polar surface area (TPSA) is 81.4 Å². The summed E-state index contributed by atoms with van der Waals surface area (Å²) in [6.07, 6.45) is 0. The van der Waals surface area contributed by atoms with Crippen molar-refractivity contribution in [2.45, 2.75) is 6.92 Å². The molecule has 0 saturated heterocycles. The number of ether oxygens (including phenoxy) is 1. The number of carbonyl (C=O) groups excluding carboxylic acids is 2. The number of halogens is 1. The number of anilines is 1. The molecule has 2 amide bonds. The third-order valence-corrected chi connectivity index (χ3v) is 3.49. The van der Waals surface area contributed by atoms with Crippen molar-refractivity contribution in [3.8, 4) is 5.75 Å². The van der Waals surface area contributed by atoms with Crippen molar-refractivity contribution >= 4 is 29.1 Å². The number of nitrogens with two attached hydrogens (primary N) is 1. The molecule has 2 aromatic carbocycles. The molecule has 0 atom stereocenters. The third-order valence-electron chi connectivity index (χ3n) is 3.26. The van der Waals surface area contributed by atoms with Gasteiger partial charge in [-0.1, -0.05) is 17.7 Å². The minimum absolute atomic E-state index is 0.343. The van der Waals surface area contributed by atoms with Gasteiger partial charge >= 0.3 is 0 Å². The first-order valence-corrected chi connectivity index (χ1v) is 6.86. The Kier molecular flexibility index (Phi) is 4.68. The Morgan fingerprint density at radius 2 is 1.91 bits per heavy atom. The summed E-state index contributed by atoms with van der Waals surface area (Å²) < 4.78 is 5.16. The van der Waals surface area contributed by atoms with Crippen LogP contribution in [0.4, 0.5) is 5.69 Å². The van der Waals surface area contributed by atoms with E-state index in [0.29, 0.717) is 33.1 Å². The molecule has 0 spiro atoms. The largest absolute Gasteiger partial charge is 0.496 e. The summed E-state index contributed by atoms with van der Waals surface area (Å²) in [5.74, 6) is -0.537. The van der Waals surface area contributed by atoms with Crippen molar-refractivity contribution in [3.63, 3.8) is 0 Å². The van der Waals surface area contributed by atoms with Crippen LogP contribution in [0.3, 0.4) is 0 Å². The maximum atomic E-state index is 12.4. The average molecular weight is 319 g/mol. The lowest BCUT2D eigenvalue weighted by molar-refractivity contribution is 0.0995. The summed E-state index contributed by atoms with van der Waals surface area (Å²) in [7, 11) is 1.46. The summed E-state index contributed by atoms with van der Waals surface area (Å²) in [4.78, 5) is 23.7. The van der Waals surface area contributed by atoms with Gasteiger partial charge in [0.2, 0.25) is 5.91 Å². The summed E-state index contributed by atoms with van der Waals surface area (Å²) in [5, 5.41) is 3.22. The molecule has 0 fully saturated rings. The number of amides is 2. The van der Waals surface area contributed by atoms with E-state index in [-0.39, 0.29) is 5.91 Å². The van der Waals surface area contributed by atoms with E-state index < -0.39 is 5.91 Å². The van der Waals surface area contributed by atoms with Gasteiger partial charge in [-0.15, -0.1) is 0 Å². The van der Waals surface area contributed by atoms with E-state index in [1.165, 1.54) is 7.11 Å². The lowest BCUT2D eigenvalue weighted by Crippen LogP contribution is -2.17. The van der Waals surface area contributed by atoms with Crippen LogP contribution in [0, 0.1) is 6.92 Å². The molecule has 2 aromatic rings. The van der Waals surface area contributed by atoms with Crippen molar-refractivity contribution in [1.29, 1.82) is 0 Å². The molecule has 0 aliphatic carbocycles. The number of carbonyl (C=O) groups is 2. The zero-order valence-electron chi connectivity index (χ0n) is 12.1. The number of rotatable bonds is 4. The molecular formula is C16H15ClN2O3. The number of hydrogen-bond donors (Lipinski definition) is 2. The fourth-order valence-corrected chi connectivity index (χ4v) is 2.24. The van der Waals surface area contributed by atoms with Crippen molar-refractivity contribution < 1.29 is 14.3 Å². The molecule has 3 N–H and O–H groups in total. The van der Waals surface area contributed by atoms with Crippen LogP contribution in [0.1, 0.15) is 26.3 Å². The Hall–Kier alpha value is -2.53. The third kappa shape index (κ3) is 3.20. The van der Waals surface area contributed by atoms with Crippen LogP contribution in [0.5, 0.6) is 5.75 Å². The van der Waals surface area contributed by atoms with Gasteiger partial charge < -0.3 is 15.8 Å². The smallest absolute Gasteiger partial charge is 0.259 e. The number of hydrogen-bond acceptors (Lipinski definition) is 3. The van der Waals surface area contributed by atoms with E-state index in [2.05, 4.69) is 5.32 Å². The van der Waals surface area contributed by atoms with Gasteiger partial charge in [0.15, 0.2) is 0 Å². The highest BCUT2D eigenvalue weighted by atomic mass is 35.5. The molecule has 0 aliphatic heterocycles. The molecular weight excluding hydrogens is 304 g/mol. The van der Waals surface area contributed by atoms with Gasteiger partial charge in [0.25, 0.3) is 5.91 Å². The highest BCUT2D eigenvalue weighted by Crippen LogP contribution is 2.25. The highest BCUT2D eigenvalue weighted by molar-refractivity contribution is 6.31. The molecule has 114 valence electrons. The van der Waals surface area contributed by atoms with Crippen LogP contribution in [0.2, 0.25) is 5.02 Å². The predicted molar refractivity (Wildman–Crippen MR) is 85.7 cm³/mol. The lowest BCUT2D eigenvalue weighted by Gasteiger charge is -2.12. The SMILES string of the molecule is COc1cc(Cl)ccc1C(=O)Nc1cccc(C(N)=O)c1C. The van der Waals surface area contributed by atoms with Gasteiger partial charge in [0, 0.05) is 16.3 Å². The van der Waals surface area contributed by atoms with E-state index in [1.54, 1.807) is 43.3 Å². The van der Waals surface area contributed by atoms with E-state index in [4.69, 9.17) is 22.1 Å². The van der Waals surface area contributed by atoms with Crippen molar-refractivity contribution in [1.82, 2.24) is 0 Å². The molecule has 2 rings (SSSR count). The summed E-state index contributed by atoms with van der Waals surface area (Å²) in [5.41, 5.74) is 7.13. The van der Waals surface area contributed by atoms with Crippen LogP contribution < -0.4 is 15.8 Å². The first kappa shape index (κ1) is 15.9. The van der Waals surface area contributed by atoms with Gasteiger partial charge in [-0.05, 0) is 42.8 Å². The molecule has 6 heteroatoms. The Bertz CT molecular complexity index is 744. The van der Waals surface area contributed by atoms with Crippen LogP contribution in [0.25, 0.3) is 0 Å². The van der Waals surface area contributed by atoms with Gasteiger partial charge in [-0.25, -0.2) is 0 Å². The van der Waals surface area contributed by atoms with Crippen LogP contribution in [-0.2, 0) is 0 Å². The zero-order valence-corrected chi connectivity index (χ0v) is 12.9. The summed E-state index contributed by atoms with van der Waals surface area (Å²) in [6.45, 7) is 1.72. The van der Waals surface area contributed by atoms with Gasteiger partial charge in [-0.3, -0.25) is 9.59 Å². The molecule has 0 aromatic heterocycles. The maximum Gasteiger partial charge on any atom is 0.259 e. The van der Waals surface area contributed by atoms with Crippen molar-refractivity contribution in [2.24, 2.45) is 5.73 Å². The normalized spacial score (nSPS) is 10.1. The second-order valence-electron chi connectivity index (χ2n) is 4.64. The van der Waals surface area contributed by atoms with Crippen LogP contribution in [-0.4, -0.2) is 18.9 Å². The molecule has 0 aliphatic rings. The number of benzene rings is 2. The lowest BCUT2D eigenvalue weighted by atomic mass is 10.1. The zero-order chi connectivity index (χ0) is 16.3. The molecule has 0 saturated carbocycles. The van der Waals surface area contributed by atoms with E-state index in [9.17, 15) is 9.59 Å². The first-order valence-electron chi connectivity index (χ1n) is 6.48. The quantitative estimate of drug-likeness (QED) is 0.909. The number of nitrogens with one attached hydrogen (secondary N) is 1. The highest BCUT2D eigenvalue weighted by Gasteiger charge is 2.15. The van der Waals surface area contributed by atoms with Crippen molar-refractivity contribution in [3.05, 3.63) is 58.1 Å². The van der Waals surface area contributed by atoms with Crippen molar-refractivity contribution in [2.75, 3.05) is 12.4 Å². The van der Waals surface area contributed by atoms with Gasteiger partial charge in [0.1, 0.15) is 5.75 Å². The Balaban J connectivity index is 2.34. The average Bonchev–Trinajstić information content (AvgIpc) is 2.48. The Morgan fingerprint density at radius 1 is 1.18 bits per heavy atom. The minimum atomic E-state index is -0.544. The minimum Gasteiger partial charge on any atom is -0.496 e. The van der Waals surface area contributed by atoms with E-state index in [1.807, 2.05) is 0 Å². The fraction of sp³-hybridized carbons (Fsp3) is 0.125. The monoisotopic (exact) mass is 318 g/mol. The molecule has 0 bridgehead atoms. The van der Waals surface area contributed by atoms with Gasteiger partial charge in [-0.2, -0.15) is 0 Å². The van der Waals surface area contributed by atoms with E-state index >= 15 is 0 Å². The van der Waals surface area contributed by atoms with Crippen LogP contribution in [0.15, 0.2) is 36.4 Å². The second kappa shape index (κ2) is 6.49. The Morgan fingerprint density at radius 3 is 2.55 bits per heavy atom. The summed E-state index contributed by atoms with van der Waals surface area (Å²) in [6, 6.07) is 9.69. The van der Waals surface area contributed by atoms with Crippen LogP contribution >= 0.6 is 11.6 Å². The number of methoxy groups -OCH3 is 1. The predicted octanol–water partition coefficient (Wildman–Crippen LogP) is 3.01. The fourth-order valence-electron chi connectivity index (χ4n) is 2.08. The van der Waals surface area contributed by atoms with Gasteiger partial charge in [0.05, 0.1) is 12.7 Å².